The van der Waals surface area contributed by atoms with Gasteiger partial charge in [0.25, 0.3) is 12.0 Å². The van der Waals surface area contributed by atoms with Gasteiger partial charge >= 0.3 is 0 Å². The van der Waals surface area contributed by atoms with Crippen LogP contribution in [0, 0.1) is 0 Å². The molecular formula is C8H8ClF2NO2. The average Bonchev–Trinajstić information content (AvgIpc) is 2.17. The Hall–Kier alpha value is -1.10. The molecule has 0 aromatic carbocycles. The smallest absolute Gasteiger partial charge is 0.290 e. The molecule has 1 rings (SSSR count). The first kappa shape index (κ1) is 11.0. The van der Waals surface area contributed by atoms with Crippen molar-refractivity contribution in [1.29, 1.82) is 0 Å². The lowest BCUT2D eigenvalue weighted by Gasteiger charge is -2.09. The van der Waals surface area contributed by atoms with Gasteiger partial charge in [-0.05, 0) is 5.56 Å². The zero-order valence-electron chi connectivity index (χ0n) is 7.31. The molecule has 6 heteroatoms. The zero-order chi connectivity index (χ0) is 10.7. The Morgan fingerprint density at radius 1 is 1.64 bits per heavy atom. The van der Waals surface area contributed by atoms with Crippen molar-refractivity contribution in [2.24, 2.45) is 0 Å². The first-order chi connectivity index (χ1) is 6.61. The van der Waals surface area contributed by atoms with E-state index in [0.717, 1.165) is 7.11 Å². The van der Waals surface area contributed by atoms with Crippen LogP contribution in [0.15, 0.2) is 11.0 Å². The predicted octanol–water partition coefficient (Wildman–Crippen LogP) is 2.06. The topological polar surface area (TPSA) is 42.1 Å². The van der Waals surface area contributed by atoms with E-state index >= 15 is 0 Å². The van der Waals surface area contributed by atoms with E-state index in [-0.39, 0.29) is 17.2 Å². The third-order valence-corrected chi connectivity index (χ3v) is 2.03. The third kappa shape index (κ3) is 1.87. The lowest BCUT2D eigenvalue weighted by atomic mass is 10.1. The minimum absolute atomic E-state index is 0.104. The summed E-state index contributed by atoms with van der Waals surface area (Å²) in [5, 5.41) is 0. The summed E-state index contributed by atoms with van der Waals surface area (Å²) in [6.07, 6.45) is -1.61. The minimum Gasteiger partial charge on any atom is -0.491 e. The highest BCUT2D eigenvalue weighted by atomic mass is 35.5. The van der Waals surface area contributed by atoms with Gasteiger partial charge in [0.05, 0.1) is 12.7 Å². The summed E-state index contributed by atoms with van der Waals surface area (Å²) in [4.78, 5) is 13.4. The number of nitrogens with one attached hydrogen (secondary N) is 1. The number of alkyl halides is 3. The summed E-state index contributed by atoms with van der Waals surface area (Å²) in [6, 6.07) is 0. The predicted molar refractivity (Wildman–Crippen MR) is 48.1 cm³/mol. The Kier molecular flexibility index (Phi) is 3.46. The molecule has 0 unspecified atom stereocenters. The molecule has 1 heterocycles. The second-order valence-electron chi connectivity index (χ2n) is 2.52. The summed E-state index contributed by atoms with van der Waals surface area (Å²) >= 11 is 5.45. The van der Waals surface area contributed by atoms with Crippen LogP contribution in [0.25, 0.3) is 0 Å². The van der Waals surface area contributed by atoms with Gasteiger partial charge in [0.15, 0.2) is 5.75 Å². The Bertz CT molecular complexity index is 378. The van der Waals surface area contributed by atoms with Gasteiger partial charge in [0.2, 0.25) is 0 Å². The monoisotopic (exact) mass is 223 g/mol. The van der Waals surface area contributed by atoms with Crippen molar-refractivity contribution in [1.82, 2.24) is 4.98 Å². The molecule has 0 saturated heterocycles. The van der Waals surface area contributed by atoms with Gasteiger partial charge in [0.1, 0.15) is 0 Å². The second-order valence-corrected chi connectivity index (χ2v) is 2.79. The van der Waals surface area contributed by atoms with Crippen LogP contribution in [-0.4, -0.2) is 12.1 Å². The number of rotatable bonds is 3. The molecule has 0 aliphatic heterocycles. The van der Waals surface area contributed by atoms with Crippen molar-refractivity contribution in [3.63, 3.8) is 0 Å². The summed E-state index contributed by atoms with van der Waals surface area (Å²) in [7, 11) is 1.16. The van der Waals surface area contributed by atoms with Gasteiger partial charge < -0.3 is 9.72 Å². The van der Waals surface area contributed by atoms with Crippen LogP contribution < -0.4 is 10.3 Å². The average molecular weight is 224 g/mol. The number of pyridine rings is 1. The van der Waals surface area contributed by atoms with E-state index in [1.165, 1.54) is 6.20 Å². The van der Waals surface area contributed by atoms with Crippen LogP contribution in [0.3, 0.4) is 0 Å². The largest absolute Gasteiger partial charge is 0.491 e. The van der Waals surface area contributed by atoms with Gasteiger partial charge in [-0.25, -0.2) is 8.78 Å². The first-order valence-electron chi connectivity index (χ1n) is 3.74. The molecule has 1 N–H and O–H groups in total. The van der Waals surface area contributed by atoms with E-state index < -0.39 is 17.5 Å². The molecule has 0 spiro atoms. The number of hydrogen-bond donors (Lipinski definition) is 1. The maximum Gasteiger partial charge on any atom is 0.290 e. The van der Waals surface area contributed by atoms with Gasteiger partial charge in [-0.2, -0.15) is 0 Å². The number of ether oxygens (including phenoxy) is 1. The molecule has 0 aliphatic rings. The van der Waals surface area contributed by atoms with Gasteiger partial charge in [-0.1, -0.05) is 0 Å². The van der Waals surface area contributed by atoms with Crippen LogP contribution in [0.4, 0.5) is 8.78 Å². The van der Waals surface area contributed by atoms with Gasteiger partial charge in [-0.3, -0.25) is 4.79 Å². The highest BCUT2D eigenvalue weighted by Gasteiger charge is 2.20. The summed E-state index contributed by atoms with van der Waals surface area (Å²) in [5.74, 6) is -0.481. The van der Waals surface area contributed by atoms with E-state index in [4.69, 9.17) is 11.6 Å². The van der Waals surface area contributed by atoms with Crippen LogP contribution in [0.1, 0.15) is 17.6 Å². The molecule has 1 aromatic rings. The number of methoxy groups -OCH3 is 1. The maximum absolute atomic E-state index is 12.6. The fourth-order valence-corrected chi connectivity index (χ4v) is 1.34. The summed E-state index contributed by atoms with van der Waals surface area (Å²) in [5.41, 5.74) is -0.957. The number of halogens is 3. The van der Waals surface area contributed by atoms with Crippen molar-refractivity contribution in [2.45, 2.75) is 12.3 Å². The van der Waals surface area contributed by atoms with Crippen molar-refractivity contribution in [3.8, 4) is 5.75 Å². The van der Waals surface area contributed by atoms with Crippen molar-refractivity contribution < 1.29 is 13.5 Å². The van der Waals surface area contributed by atoms with E-state index in [2.05, 4.69) is 9.72 Å². The number of aromatic amines is 1. The van der Waals surface area contributed by atoms with Crippen molar-refractivity contribution >= 4 is 11.6 Å². The van der Waals surface area contributed by atoms with Crippen LogP contribution >= 0.6 is 11.6 Å². The molecule has 3 nitrogen and oxygen atoms in total. The minimum atomic E-state index is -2.78. The summed E-state index contributed by atoms with van der Waals surface area (Å²) < 4.78 is 29.7. The molecule has 0 radical (unpaired) electrons. The first-order valence-corrected chi connectivity index (χ1v) is 4.27. The number of H-pyrrole nitrogens is 1. The fraction of sp³-hybridized carbons (Fsp3) is 0.375. The van der Waals surface area contributed by atoms with Crippen LogP contribution in [0.5, 0.6) is 5.75 Å². The molecule has 14 heavy (non-hydrogen) atoms. The Labute approximate surface area is 83.7 Å². The Morgan fingerprint density at radius 2 is 2.29 bits per heavy atom. The molecule has 78 valence electrons. The quantitative estimate of drug-likeness (QED) is 0.797. The molecular weight excluding hydrogens is 216 g/mol. The van der Waals surface area contributed by atoms with E-state index in [9.17, 15) is 13.6 Å². The summed E-state index contributed by atoms with van der Waals surface area (Å²) in [6.45, 7) is 0. The Balaban J connectivity index is 3.44. The second kappa shape index (κ2) is 4.41. The molecule has 1 aromatic heterocycles. The molecule has 0 aliphatic carbocycles. The number of hydrogen-bond acceptors (Lipinski definition) is 2. The molecule has 0 amide bonds. The normalized spacial score (nSPS) is 10.6. The molecule has 0 atom stereocenters. The van der Waals surface area contributed by atoms with Crippen LogP contribution in [0.2, 0.25) is 0 Å². The highest BCUT2D eigenvalue weighted by molar-refractivity contribution is 6.17. The fourth-order valence-electron chi connectivity index (χ4n) is 1.12. The maximum atomic E-state index is 12.6. The standard InChI is InChI=1S/C8H8ClF2NO2/c1-14-6-5(7(10)11)4(2-9)3-12-8(6)13/h3,7H,2H2,1H3,(H,12,13). The molecule has 0 saturated carbocycles. The van der Waals surface area contributed by atoms with Gasteiger partial charge in [-0.15, -0.1) is 11.6 Å². The van der Waals surface area contributed by atoms with E-state index in [1.807, 2.05) is 0 Å². The highest BCUT2D eigenvalue weighted by Crippen LogP contribution is 2.29. The Morgan fingerprint density at radius 3 is 2.71 bits per heavy atom. The van der Waals surface area contributed by atoms with E-state index in [0.29, 0.717) is 0 Å². The third-order valence-electron chi connectivity index (χ3n) is 1.74. The van der Waals surface area contributed by atoms with Crippen molar-refractivity contribution in [3.05, 3.63) is 27.7 Å². The SMILES string of the molecule is COc1c(C(F)F)c(CCl)c[nH]c1=O. The van der Waals surface area contributed by atoms with E-state index in [1.54, 1.807) is 0 Å². The van der Waals surface area contributed by atoms with Crippen molar-refractivity contribution in [2.75, 3.05) is 7.11 Å². The zero-order valence-corrected chi connectivity index (χ0v) is 8.07. The van der Waals surface area contributed by atoms with Gasteiger partial charge in [0, 0.05) is 12.1 Å². The lowest BCUT2D eigenvalue weighted by Crippen LogP contribution is -2.13. The number of aromatic nitrogens is 1. The van der Waals surface area contributed by atoms with Crippen LogP contribution in [-0.2, 0) is 5.88 Å². The molecule has 0 fully saturated rings. The lowest BCUT2D eigenvalue weighted by molar-refractivity contribution is 0.145. The molecule has 0 bridgehead atoms.